The van der Waals surface area contributed by atoms with Crippen molar-refractivity contribution in [1.29, 1.82) is 5.26 Å². The molecule has 0 spiro atoms. The summed E-state index contributed by atoms with van der Waals surface area (Å²) in [6.07, 6.45) is -2.98. The molecule has 1 saturated carbocycles. The van der Waals surface area contributed by atoms with Crippen molar-refractivity contribution in [2.45, 2.75) is 32.0 Å². The van der Waals surface area contributed by atoms with E-state index in [-0.39, 0.29) is 13.0 Å². The molecule has 3 nitrogen and oxygen atoms in total. The van der Waals surface area contributed by atoms with Gasteiger partial charge in [0.25, 0.3) is 5.56 Å². The van der Waals surface area contributed by atoms with Gasteiger partial charge in [-0.2, -0.15) is 18.4 Å². The predicted octanol–water partition coefficient (Wildman–Crippen LogP) is 2.56. The highest BCUT2D eigenvalue weighted by atomic mass is 19.4. The molecule has 0 amide bonds. The lowest BCUT2D eigenvalue weighted by molar-refractivity contribution is -0.144. The minimum atomic E-state index is -4.55. The lowest BCUT2D eigenvalue weighted by Gasteiger charge is -2.18. The monoisotopic (exact) mass is 256 g/mol. The second-order valence-corrected chi connectivity index (χ2v) is 4.67. The van der Waals surface area contributed by atoms with Crippen molar-refractivity contribution in [3.63, 3.8) is 0 Å². The van der Waals surface area contributed by atoms with Crippen molar-refractivity contribution in [3.8, 4) is 6.07 Å². The zero-order chi connectivity index (χ0) is 13.4. The zero-order valence-electron chi connectivity index (χ0n) is 9.50. The third-order valence-corrected chi connectivity index (χ3v) is 3.24. The Bertz CT molecular complexity index is 550. The molecule has 0 aliphatic heterocycles. The lowest BCUT2D eigenvalue weighted by Crippen LogP contribution is -2.30. The highest BCUT2D eigenvalue weighted by Gasteiger charge is 2.45. The van der Waals surface area contributed by atoms with Crippen LogP contribution in [0.25, 0.3) is 0 Å². The lowest BCUT2D eigenvalue weighted by atomic mass is 10.0. The van der Waals surface area contributed by atoms with E-state index in [1.54, 1.807) is 0 Å². The van der Waals surface area contributed by atoms with Gasteiger partial charge in [0.05, 0.1) is 6.07 Å². The Morgan fingerprint density at radius 3 is 2.56 bits per heavy atom. The number of rotatable bonds is 3. The topological polar surface area (TPSA) is 45.8 Å². The van der Waals surface area contributed by atoms with Crippen LogP contribution in [0, 0.1) is 16.7 Å². The van der Waals surface area contributed by atoms with Gasteiger partial charge in [0.15, 0.2) is 0 Å². The van der Waals surface area contributed by atoms with Crippen LogP contribution in [-0.2, 0) is 12.7 Å². The molecule has 1 aliphatic carbocycles. The predicted molar refractivity (Wildman–Crippen MR) is 57.6 cm³/mol. The maximum absolute atomic E-state index is 12.8. The fraction of sp³-hybridized carbons (Fsp3) is 0.500. The molecular weight excluding hydrogens is 245 g/mol. The SMILES string of the molecule is N#CCC1(Cn2c(C(F)(F)F)cccc2=O)CC1. The first-order valence-electron chi connectivity index (χ1n) is 5.52. The second kappa shape index (κ2) is 4.16. The molecule has 0 saturated heterocycles. The van der Waals surface area contributed by atoms with Gasteiger partial charge in [-0.3, -0.25) is 4.79 Å². The third kappa shape index (κ3) is 2.40. The van der Waals surface area contributed by atoms with Crippen LogP contribution in [0.5, 0.6) is 0 Å². The largest absolute Gasteiger partial charge is 0.431 e. The summed E-state index contributed by atoms with van der Waals surface area (Å²) in [4.78, 5) is 11.6. The number of nitrogens with zero attached hydrogens (tertiary/aromatic N) is 2. The summed E-state index contributed by atoms with van der Waals surface area (Å²) in [6, 6.07) is 5.08. The molecule has 0 bridgehead atoms. The van der Waals surface area contributed by atoms with Gasteiger partial charge in [0, 0.05) is 24.4 Å². The van der Waals surface area contributed by atoms with Gasteiger partial charge in [-0.15, -0.1) is 0 Å². The molecule has 1 aromatic heterocycles. The Labute approximate surface area is 101 Å². The van der Waals surface area contributed by atoms with Crippen molar-refractivity contribution < 1.29 is 13.2 Å². The third-order valence-electron chi connectivity index (χ3n) is 3.24. The number of hydrogen-bond donors (Lipinski definition) is 0. The van der Waals surface area contributed by atoms with Gasteiger partial charge in [0.2, 0.25) is 0 Å². The molecule has 0 N–H and O–H groups in total. The van der Waals surface area contributed by atoms with E-state index in [0.717, 1.165) is 22.8 Å². The Morgan fingerprint density at radius 1 is 1.39 bits per heavy atom. The second-order valence-electron chi connectivity index (χ2n) is 4.67. The molecular formula is C12H11F3N2O. The molecule has 1 aromatic rings. The van der Waals surface area contributed by atoms with Crippen molar-refractivity contribution >= 4 is 0 Å². The summed E-state index contributed by atoms with van der Waals surface area (Å²) >= 11 is 0. The van der Waals surface area contributed by atoms with Gasteiger partial charge in [-0.25, -0.2) is 0 Å². The summed E-state index contributed by atoms with van der Waals surface area (Å²) in [7, 11) is 0. The molecule has 0 radical (unpaired) electrons. The average Bonchev–Trinajstić information content (AvgIpc) is 3.00. The summed E-state index contributed by atoms with van der Waals surface area (Å²) in [5.41, 5.74) is -2.06. The van der Waals surface area contributed by atoms with Crippen LogP contribution < -0.4 is 5.56 Å². The molecule has 0 atom stereocenters. The van der Waals surface area contributed by atoms with E-state index >= 15 is 0 Å². The summed E-state index contributed by atoms with van der Waals surface area (Å²) in [6.45, 7) is -0.0327. The van der Waals surface area contributed by atoms with Crippen LogP contribution in [0.2, 0.25) is 0 Å². The number of nitriles is 1. The Hall–Kier alpha value is -1.77. The normalized spacial score (nSPS) is 17.2. The first-order chi connectivity index (χ1) is 8.38. The van der Waals surface area contributed by atoms with E-state index in [0.29, 0.717) is 12.8 Å². The zero-order valence-corrected chi connectivity index (χ0v) is 9.50. The first-order valence-corrected chi connectivity index (χ1v) is 5.52. The molecule has 1 fully saturated rings. The number of alkyl halides is 3. The summed E-state index contributed by atoms with van der Waals surface area (Å²) < 4.78 is 39.1. The fourth-order valence-corrected chi connectivity index (χ4v) is 2.00. The molecule has 2 rings (SSSR count). The molecule has 0 aromatic carbocycles. The Morgan fingerprint density at radius 2 is 2.06 bits per heavy atom. The molecule has 18 heavy (non-hydrogen) atoms. The number of aromatic nitrogens is 1. The molecule has 1 heterocycles. The summed E-state index contributed by atoms with van der Waals surface area (Å²) in [5.74, 6) is 0. The average molecular weight is 256 g/mol. The number of pyridine rings is 1. The maximum Gasteiger partial charge on any atom is 0.431 e. The smallest absolute Gasteiger partial charge is 0.304 e. The highest BCUT2D eigenvalue weighted by molar-refractivity contribution is 5.12. The van der Waals surface area contributed by atoms with Crippen molar-refractivity contribution in [2.75, 3.05) is 0 Å². The molecule has 1 aliphatic rings. The van der Waals surface area contributed by atoms with E-state index in [9.17, 15) is 18.0 Å². The van der Waals surface area contributed by atoms with E-state index < -0.39 is 22.8 Å². The van der Waals surface area contributed by atoms with Crippen LogP contribution in [0.1, 0.15) is 25.0 Å². The quantitative estimate of drug-likeness (QED) is 0.834. The van der Waals surface area contributed by atoms with Gasteiger partial charge < -0.3 is 4.57 Å². The first kappa shape index (κ1) is 12.7. The minimum Gasteiger partial charge on any atom is -0.304 e. The van der Waals surface area contributed by atoms with Crippen LogP contribution in [-0.4, -0.2) is 4.57 Å². The standard InChI is InChI=1S/C12H11F3N2O/c13-12(14,15)9-2-1-3-10(18)17(9)8-11(4-5-11)6-7-16/h1-3H,4-6,8H2. The van der Waals surface area contributed by atoms with Crippen molar-refractivity contribution in [1.82, 2.24) is 4.57 Å². The fourth-order valence-electron chi connectivity index (χ4n) is 2.00. The number of hydrogen-bond acceptors (Lipinski definition) is 2. The van der Waals surface area contributed by atoms with E-state index in [4.69, 9.17) is 5.26 Å². The van der Waals surface area contributed by atoms with Crippen LogP contribution in [0.3, 0.4) is 0 Å². The van der Waals surface area contributed by atoms with Crippen LogP contribution >= 0.6 is 0 Å². The van der Waals surface area contributed by atoms with Crippen LogP contribution in [0.15, 0.2) is 23.0 Å². The van der Waals surface area contributed by atoms with Crippen LogP contribution in [0.4, 0.5) is 13.2 Å². The van der Waals surface area contributed by atoms with Gasteiger partial charge in [-0.1, -0.05) is 6.07 Å². The van der Waals surface area contributed by atoms with Crippen molar-refractivity contribution in [3.05, 3.63) is 34.2 Å². The minimum absolute atomic E-state index is 0.0327. The molecule has 0 unspecified atom stereocenters. The molecule has 96 valence electrons. The molecule has 6 heteroatoms. The highest BCUT2D eigenvalue weighted by Crippen LogP contribution is 2.50. The Balaban J connectivity index is 2.39. The Kier molecular flexibility index (Phi) is 2.93. The summed E-state index contributed by atoms with van der Waals surface area (Å²) in [5, 5.41) is 8.66. The van der Waals surface area contributed by atoms with Crippen molar-refractivity contribution in [2.24, 2.45) is 5.41 Å². The van der Waals surface area contributed by atoms with Gasteiger partial charge in [0.1, 0.15) is 5.69 Å². The van der Waals surface area contributed by atoms with E-state index in [1.165, 1.54) is 0 Å². The maximum atomic E-state index is 12.8. The van der Waals surface area contributed by atoms with Gasteiger partial charge >= 0.3 is 6.18 Å². The van der Waals surface area contributed by atoms with E-state index in [2.05, 4.69) is 0 Å². The number of halogens is 3. The van der Waals surface area contributed by atoms with E-state index in [1.807, 2.05) is 6.07 Å². The van der Waals surface area contributed by atoms with Gasteiger partial charge in [-0.05, 0) is 18.9 Å².